The lowest BCUT2D eigenvalue weighted by Gasteiger charge is -2.12. The van der Waals surface area contributed by atoms with Gasteiger partial charge in [-0.15, -0.1) is 0 Å². The quantitative estimate of drug-likeness (QED) is 0.303. The topological polar surface area (TPSA) is 58.9 Å². The summed E-state index contributed by atoms with van der Waals surface area (Å²) in [5.41, 5.74) is 4.41. The van der Waals surface area contributed by atoms with Crippen molar-refractivity contribution in [3.05, 3.63) is 121 Å². The molecule has 0 unspecified atom stereocenters. The molecule has 6 rings (SSSR count). The fourth-order valence-electron chi connectivity index (χ4n) is 4.31. The predicted molar refractivity (Wildman–Crippen MR) is 141 cm³/mol. The highest BCUT2D eigenvalue weighted by Gasteiger charge is 2.14. The van der Waals surface area contributed by atoms with E-state index in [9.17, 15) is 5.11 Å². The van der Waals surface area contributed by atoms with E-state index in [1.807, 2.05) is 115 Å². The Morgan fingerprint density at radius 1 is 0.429 bits per heavy atom. The molecular weight excluding hydrogens is 430 g/mol. The Balaban J connectivity index is 1.54. The Bertz CT molecular complexity index is 1590. The summed E-state index contributed by atoms with van der Waals surface area (Å²) in [6.07, 6.45) is 0. The normalized spacial score (nSPS) is 11.0. The number of hydrogen-bond acceptors (Lipinski definition) is 4. The van der Waals surface area contributed by atoms with Gasteiger partial charge in [0.1, 0.15) is 5.75 Å². The number of benzene rings is 5. The molecule has 0 fully saturated rings. The van der Waals surface area contributed by atoms with Crippen LogP contribution in [0.4, 0.5) is 0 Å². The maximum atomic E-state index is 10.8. The first-order valence-corrected chi connectivity index (χ1v) is 11.4. The summed E-state index contributed by atoms with van der Waals surface area (Å²) >= 11 is 0. The molecule has 0 atom stereocenters. The molecule has 166 valence electrons. The van der Waals surface area contributed by atoms with Gasteiger partial charge in [0.2, 0.25) is 0 Å². The third kappa shape index (κ3) is 4.02. The zero-order valence-electron chi connectivity index (χ0n) is 18.8. The minimum Gasteiger partial charge on any atom is -0.507 e. The van der Waals surface area contributed by atoms with Crippen LogP contribution in [0.5, 0.6) is 5.75 Å². The van der Waals surface area contributed by atoms with Crippen molar-refractivity contribution in [2.24, 2.45) is 0 Å². The summed E-state index contributed by atoms with van der Waals surface area (Å²) in [6.45, 7) is 0. The highest BCUT2D eigenvalue weighted by molar-refractivity contribution is 6.00. The fraction of sp³-hybridized carbons (Fsp3) is 0. The van der Waals surface area contributed by atoms with E-state index in [4.69, 9.17) is 15.0 Å². The van der Waals surface area contributed by atoms with E-state index in [-0.39, 0.29) is 5.75 Å². The molecule has 0 aliphatic heterocycles. The highest BCUT2D eigenvalue weighted by Crippen LogP contribution is 2.37. The van der Waals surface area contributed by atoms with Gasteiger partial charge >= 0.3 is 0 Å². The predicted octanol–water partition coefficient (Wildman–Crippen LogP) is 7.40. The largest absolute Gasteiger partial charge is 0.507 e. The van der Waals surface area contributed by atoms with E-state index >= 15 is 0 Å². The van der Waals surface area contributed by atoms with Gasteiger partial charge in [0, 0.05) is 22.3 Å². The third-order valence-electron chi connectivity index (χ3n) is 6.02. The van der Waals surface area contributed by atoms with Crippen molar-refractivity contribution in [1.29, 1.82) is 0 Å². The number of nitrogens with zero attached hydrogens (tertiary/aromatic N) is 3. The van der Waals surface area contributed by atoms with Crippen molar-refractivity contribution in [3.8, 4) is 51.0 Å². The Hall–Kier alpha value is -4.83. The first-order chi connectivity index (χ1) is 17.3. The number of rotatable bonds is 4. The summed E-state index contributed by atoms with van der Waals surface area (Å²) in [5.74, 6) is 2.06. The molecule has 0 spiro atoms. The zero-order valence-corrected chi connectivity index (χ0v) is 18.8. The van der Waals surface area contributed by atoms with Crippen LogP contribution in [0.25, 0.3) is 56.1 Å². The lowest BCUT2D eigenvalue weighted by Crippen LogP contribution is -2.00. The van der Waals surface area contributed by atoms with Crippen molar-refractivity contribution in [3.63, 3.8) is 0 Å². The summed E-state index contributed by atoms with van der Waals surface area (Å²) in [4.78, 5) is 14.4. The molecule has 0 amide bonds. The van der Waals surface area contributed by atoms with Crippen LogP contribution >= 0.6 is 0 Å². The van der Waals surface area contributed by atoms with E-state index in [1.54, 1.807) is 6.07 Å². The van der Waals surface area contributed by atoms with Gasteiger partial charge in [-0.3, -0.25) is 0 Å². The molecule has 0 aliphatic rings. The van der Waals surface area contributed by atoms with Crippen molar-refractivity contribution in [2.75, 3.05) is 0 Å². The Kier molecular flexibility index (Phi) is 5.24. The molecule has 0 radical (unpaired) electrons. The van der Waals surface area contributed by atoms with Gasteiger partial charge in [-0.25, -0.2) is 15.0 Å². The summed E-state index contributed by atoms with van der Waals surface area (Å²) in [6, 6.07) is 39.6. The van der Waals surface area contributed by atoms with Gasteiger partial charge < -0.3 is 5.11 Å². The van der Waals surface area contributed by atoms with Crippen LogP contribution in [0.3, 0.4) is 0 Å². The smallest absolute Gasteiger partial charge is 0.164 e. The molecule has 6 aromatic rings. The summed E-state index contributed by atoms with van der Waals surface area (Å²) in [7, 11) is 0. The van der Waals surface area contributed by atoms with Gasteiger partial charge in [0.25, 0.3) is 0 Å². The maximum Gasteiger partial charge on any atom is 0.164 e. The Labute approximate surface area is 203 Å². The molecule has 1 aromatic heterocycles. The van der Waals surface area contributed by atoms with Gasteiger partial charge in [-0.1, -0.05) is 109 Å². The van der Waals surface area contributed by atoms with Crippen LogP contribution < -0.4 is 0 Å². The third-order valence-corrected chi connectivity index (χ3v) is 6.02. The highest BCUT2D eigenvalue weighted by atomic mass is 16.3. The lowest BCUT2D eigenvalue weighted by molar-refractivity contribution is 0.478. The van der Waals surface area contributed by atoms with E-state index in [2.05, 4.69) is 0 Å². The maximum absolute atomic E-state index is 10.8. The minimum absolute atomic E-state index is 0.242. The second kappa shape index (κ2) is 8.84. The molecular formula is C31H21N3O. The summed E-state index contributed by atoms with van der Waals surface area (Å²) < 4.78 is 0. The van der Waals surface area contributed by atoms with Crippen LogP contribution in [0.15, 0.2) is 121 Å². The molecule has 0 saturated heterocycles. The van der Waals surface area contributed by atoms with Crippen LogP contribution in [0, 0.1) is 0 Å². The average Bonchev–Trinajstić information content (AvgIpc) is 2.94. The first kappa shape index (κ1) is 20.8. The zero-order chi connectivity index (χ0) is 23.6. The second-order valence-electron chi connectivity index (χ2n) is 8.30. The number of phenols is 1. The lowest BCUT2D eigenvalue weighted by atomic mass is 9.96. The number of phenolic OH excluding ortho intramolecular Hbond substituents is 1. The van der Waals surface area contributed by atoms with Gasteiger partial charge in [0.05, 0.1) is 0 Å². The fourth-order valence-corrected chi connectivity index (χ4v) is 4.31. The van der Waals surface area contributed by atoms with Crippen LogP contribution in [-0.4, -0.2) is 20.1 Å². The van der Waals surface area contributed by atoms with E-state index in [0.717, 1.165) is 38.6 Å². The monoisotopic (exact) mass is 451 g/mol. The van der Waals surface area contributed by atoms with Crippen LogP contribution in [0.1, 0.15) is 0 Å². The second-order valence-corrected chi connectivity index (χ2v) is 8.30. The van der Waals surface area contributed by atoms with Gasteiger partial charge in [-0.05, 0) is 28.5 Å². The molecule has 0 aliphatic carbocycles. The summed E-state index contributed by atoms with van der Waals surface area (Å²) in [5, 5.41) is 12.8. The van der Waals surface area contributed by atoms with Crippen molar-refractivity contribution < 1.29 is 5.11 Å². The number of fused-ring (bicyclic) bond motifs is 1. The van der Waals surface area contributed by atoms with Gasteiger partial charge in [0.15, 0.2) is 17.5 Å². The number of hydrogen-bond donors (Lipinski definition) is 1. The molecule has 35 heavy (non-hydrogen) atoms. The van der Waals surface area contributed by atoms with Crippen molar-refractivity contribution >= 4 is 10.8 Å². The molecule has 5 aromatic carbocycles. The van der Waals surface area contributed by atoms with Gasteiger partial charge in [-0.2, -0.15) is 0 Å². The molecule has 0 saturated carbocycles. The Morgan fingerprint density at radius 3 is 1.60 bits per heavy atom. The number of aromatic hydroxyl groups is 1. The molecule has 4 nitrogen and oxygen atoms in total. The molecule has 1 N–H and O–H groups in total. The van der Waals surface area contributed by atoms with E-state index in [1.165, 1.54) is 0 Å². The standard InChI is InChI=1S/C31H21N3O/c35-27-19-18-21-10-7-8-17-26(21)28(27)24-15-9-16-25(20-24)31-33-29(22-11-3-1-4-12-22)32-30(34-31)23-13-5-2-6-14-23/h1-20,35H. The van der Waals surface area contributed by atoms with E-state index < -0.39 is 0 Å². The van der Waals surface area contributed by atoms with Crippen molar-refractivity contribution in [1.82, 2.24) is 15.0 Å². The molecule has 0 bridgehead atoms. The van der Waals surface area contributed by atoms with Crippen LogP contribution in [-0.2, 0) is 0 Å². The van der Waals surface area contributed by atoms with Crippen molar-refractivity contribution in [2.45, 2.75) is 0 Å². The molecule has 1 heterocycles. The van der Waals surface area contributed by atoms with E-state index in [0.29, 0.717) is 17.5 Å². The first-order valence-electron chi connectivity index (χ1n) is 11.4. The number of aromatic nitrogens is 3. The molecule has 4 heteroatoms. The Morgan fingerprint density at radius 2 is 0.943 bits per heavy atom. The average molecular weight is 452 g/mol. The van der Waals surface area contributed by atoms with Crippen LogP contribution in [0.2, 0.25) is 0 Å². The minimum atomic E-state index is 0.242. The SMILES string of the molecule is Oc1ccc2ccccc2c1-c1cccc(-c2nc(-c3ccccc3)nc(-c3ccccc3)n2)c1.